The lowest BCUT2D eigenvalue weighted by atomic mass is 9.83. The van der Waals surface area contributed by atoms with Crippen LogP contribution in [-0.4, -0.2) is 52.6 Å². The summed E-state index contributed by atoms with van der Waals surface area (Å²) in [4.78, 5) is 27.4. The molecule has 2 bridgehead atoms. The topological polar surface area (TPSA) is 86.0 Å². The van der Waals surface area contributed by atoms with Crippen LogP contribution < -0.4 is 15.6 Å². The van der Waals surface area contributed by atoms with Gasteiger partial charge >= 0.3 is 0 Å². The number of pyridine rings is 1. The highest BCUT2D eigenvalue weighted by Crippen LogP contribution is 2.37. The molecule has 7 heteroatoms. The Bertz CT molecular complexity index is 1650. The van der Waals surface area contributed by atoms with Crippen molar-refractivity contribution in [3.8, 4) is 28.3 Å². The molecular weight excluding hydrogens is 462 g/mol. The summed E-state index contributed by atoms with van der Waals surface area (Å²) in [5, 5.41) is 4.84. The first-order valence-corrected chi connectivity index (χ1v) is 12.9. The molecule has 3 aliphatic rings. The fourth-order valence-corrected chi connectivity index (χ4v) is 6.04. The Morgan fingerprint density at radius 3 is 2.57 bits per heavy atom. The second-order valence-corrected chi connectivity index (χ2v) is 10.2. The number of benzene rings is 3. The smallest absolute Gasteiger partial charge is 0.261 e. The summed E-state index contributed by atoms with van der Waals surface area (Å²) in [5.74, 6) is 2.00. The lowest BCUT2D eigenvalue weighted by molar-refractivity contribution is 0.0976. The molecule has 3 N–H and O–H groups in total. The average Bonchev–Trinajstić information content (AvgIpc) is 3.37. The molecule has 3 saturated heterocycles. The minimum Gasteiger partial charge on any atom is -0.497 e. The van der Waals surface area contributed by atoms with E-state index >= 15 is 0 Å². The minimum absolute atomic E-state index is 0.149. The zero-order valence-electron chi connectivity index (χ0n) is 20.8. The first-order chi connectivity index (χ1) is 18.2. The van der Waals surface area contributed by atoms with Crippen LogP contribution in [0.2, 0.25) is 0 Å². The highest BCUT2D eigenvalue weighted by molar-refractivity contribution is 6.01. The molecule has 8 rings (SSSR count). The van der Waals surface area contributed by atoms with Gasteiger partial charge in [-0.05, 0) is 79.4 Å². The van der Waals surface area contributed by atoms with Gasteiger partial charge in [0.2, 0.25) is 0 Å². The van der Waals surface area contributed by atoms with E-state index < -0.39 is 0 Å². The van der Waals surface area contributed by atoms with E-state index in [0.29, 0.717) is 17.3 Å². The molecular formula is C30H29N5O2. The van der Waals surface area contributed by atoms with E-state index in [9.17, 15) is 4.79 Å². The molecule has 0 unspecified atom stereocenters. The molecule has 0 spiro atoms. The maximum atomic E-state index is 13.6. The number of piperidine rings is 3. The first-order valence-electron chi connectivity index (χ1n) is 12.9. The molecule has 0 saturated carbocycles. The largest absolute Gasteiger partial charge is 0.497 e. The average molecular weight is 492 g/mol. The van der Waals surface area contributed by atoms with Crippen LogP contribution in [0.4, 0.5) is 5.69 Å². The van der Waals surface area contributed by atoms with Crippen LogP contribution in [0.3, 0.4) is 0 Å². The Labute approximate surface area is 214 Å². The molecule has 1 atom stereocenters. The summed E-state index contributed by atoms with van der Waals surface area (Å²) in [6.45, 7) is 3.32. The molecule has 0 amide bonds. The lowest BCUT2D eigenvalue weighted by Gasteiger charge is -2.45. The predicted octanol–water partition coefficient (Wildman–Crippen LogP) is 5.25. The second kappa shape index (κ2) is 8.78. The van der Waals surface area contributed by atoms with Gasteiger partial charge in [-0.2, -0.15) is 0 Å². The molecule has 5 heterocycles. The molecule has 3 aliphatic heterocycles. The minimum atomic E-state index is -0.149. The highest BCUT2D eigenvalue weighted by Gasteiger charge is 2.35. The summed E-state index contributed by atoms with van der Waals surface area (Å²) in [5.41, 5.74) is 5.94. The van der Waals surface area contributed by atoms with Crippen LogP contribution in [0, 0.1) is 5.92 Å². The number of nitrogens with one attached hydrogen (secondary N) is 3. The number of anilines is 1. The number of H-pyrrole nitrogens is 2. The molecule has 0 radical (unpaired) electrons. The van der Waals surface area contributed by atoms with Crippen molar-refractivity contribution < 1.29 is 4.74 Å². The number of imidazole rings is 1. The highest BCUT2D eigenvalue weighted by atomic mass is 16.5. The maximum absolute atomic E-state index is 13.6. The third-order valence-electron chi connectivity index (χ3n) is 8.03. The number of hydrogen-bond acceptors (Lipinski definition) is 5. The van der Waals surface area contributed by atoms with Crippen molar-refractivity contribution in [1.29, 1.82) is 0 Å². The van der Waals surface area contributed by atoms with Gasteiger partial charge in [0.15, 0.2) is 0 Å². The van der Waals surface area contributed by atoms with Crippen LogP contribution in [0.15, 0.2) is 71.5 Å². The molecule has 3 fully saturated rings. The summed E-state index contributed by atoms with van der Waals surface area (Å²) < 4.78 is 5.46. The van der Waals surface area contributed by atoms with Crippen molar-refractivity contribution in [2.24, 2.45) is 5.92 Å². The molecule has 0 aliphatic carbocycles. The molecule has 2 aromatic heterocycles. The standard InChI is InChI=1S/C30H29N5O2/c1-37-21-6-4-5-19(15-21)20-9-10-23-22(16-20)28(31-26-17-35-13-11-18(26)12-14-35)27(30(36)34-23)29-32-24-7-2-3-8-25(24)33-29/h2-10,15-16,18,26H,11-14,17H2,1H3,(H,32,33)(H2,31,34,36)/t26-/m1/s1. The van der Waals surface area contributed by atoms with E-state index in [-0.39, 0.29) is 11.6 Å². The SMILES string of the molecule is COc1cccc(-c2ccc3[nH]c(=O)c(-c4nc5ccccc5[nH]4)c(N[C@@H]4CN5CCC4CC5)c3c2)c1. The van der Waals surface area contributed by atoms with Crippen molar-refractivity contribution in [2.45, 2.75) is 18.9 Å². The molecule has 37 heavy (non-hydrogen) atoms. The van der Waals surface area contributed by atoms with E-state index in [4.69, 9.17) is 9.72 Å². The van der Waals surface area contributed by atoms with Crippen LogP contribution in [0.25, 0.3) is 44.5 Å². The number of fused-ring (bicyclic) bond motifs is 5. The Hall–Kier alpha value is -4.10. The monoisotopic (exact) mass is 491 g/mol. The molecule has 3 aromatic carbocycles. The Morgan fingerprint density at radius 1 is 0.946 bits per heavy atom. The zero-order valence-corrected chi connectivity index (χ0v) is 20.8. The third-order valence-corrected chi connectivity index (χ3v) is 8.03. The number of para-hydroxylation sites is 2. The zero-order chi connectivity index (χ0) is 24.9. The first kappa shape index (κ1) is 22.1. The summed E-state index contributed by atoms with van der Waals surface area (Å²) >= 11 is 0. The molecule has 7 nitrogen and oxygen atoms in total. The number of aromatic nitrogens is 3. The van der Waals surface area contributed by atoms with E-state index in [2.05, 4.69) is 32.3 Å². The van der Waals surface area contributed by atoms with Crippen molar-refractivity contribution in [1.82, 2.24) is 19.9 Å². The quantitative estimate of drug-likeness (QED) is 0.313. The van der Waals surface area contributed by atoms with Gasteiger partial charge in [0.05, 0.1) is 29.3 Å². The van der Waals surface area contributed by atoms with E-state index in [1.54, 1.807) is 7.11 Å². The number of ether oxygens (including phenoxy) is 1. The van der Waals surface area contributed by atoms with Crippen molar-refractivity contribution in [2.75, 3.05) is 32.1 Å². The van der Waals surface area contributed by atoms with Crippen LogP contribution in [-0.2, 0) is 0 Å². The summed E-state index contributed by atoms with van der Waals surface area (Å²) in [7, 11) is 1.68. The third kappa shape index (κ3) is 3.86. The van der Waals surface area contributed by atoms with Gasteiger partial charge in [-0.1, -0.05) is 30.3 Å². The Balaban J connectivity index is 1.44. The normalized spacial score (nSPS) is 20.9. The van der Waals surface area contributed by atoms with E-state index in [1.165, 1.54) is 12.8 Å². The molecule has 5 aromatic rings. The van der Waals surface area contributed by atoms with Crippen LogP contribution in [0.5, 0.6) is 5.75 Å². The van der Waals surface area contributed by atoms with Gasteiger partial charge in [0.25, 0.3) is 5.56 Å². The van der Waals surface area contributed by atoms with Gasteiger partial charge in [-0.25, -0.2) is 4.98 Å². The Kier molecular flexibility index (Phi) is 5.25. The van der Waals surface area contributed by atoms with Crippen molar-refractivity contribution >= 4 is 27.6 Å². The van der Waals surface area contributed by atoms with Crippen LogP contribution in [0.1, 0.15) is 12.8 Å². The number of rotatable bonds is 5. The van der Waals surface area contributed by atoms with Gasteiger partial charge in [-0.15, -0.1) is 0 Å². The predicted molar refractivity (Wildman–Crippen MR) is 148 cm³/mol. The van der Waals surface area contributed by atoms with Gasteiger partial charge in [-0.3, -0.25) is 4.79 Å². The van der Waals surface area contributed by atoms with E-state index in [0.717, 1.165) is 64.1 Å². The fourth-order valence-electron chi connectivity index (χ4n) is 6.04. The van der Waals surface area contributed by atoms with Crippen LogP contribution >= 0.6 is 0 Å². The lowest BCUT2D eigenvalue weighted by Crippen LogP contribution is -2.53. The van der Waals surface area contributed by atoms with Crippen molar-refractivity contribution in [3.05, 3.63) is 77.1 Å². The maximum Gasteiger partial charge on any atom is 0.261 e. The van der Waals surface area contributed by atoms with Crippen molar-refractivity contribution in [3.63, 3.8) is 0 Å². The molecule has 186 valence electrons. The van der Waals surface area contributed by atoms with E-state index in [1.807, 2.05) is 54.6 Å². The number of methoxy groups -OCH3 is 1. The van der Waals surface area contributed by atoms with Gasteiger partial charge in [0, 0.05) is 18.0 Å². The summed E-state index contributed by atoms with van der Waals surface area (Å²) in [6, 6.07) is 22.4. The number of aromatic amines is 2. The Morgan fingerprint density at radius 2 is 1.78 bits per heavy atom. The second-order valence-electron chi connectivity index (χ2n) is 10.2. The summed E-state index contributed by atoms with van der Waals surface area (Å²) in [6.07, 6.45) is 2.38. The number of hydrogen-bond donors (Lipinski definition) is 3. The number of nitrogens with zero attached hydrogens (tertiary/aromatic N) is 2. The van der Waals surface area contributed by atoms with Gasteiger partial charge < -0.3 is 24.9 Å². The fraction of sp³-hybridized carbons (Fsp3) is 0.267. The van der Waals surface area contributed by atoms with Gasteiger partial charge in [0.1, 0.15) is 17.1 Å².